The van der Waals surface area contributed by atoms with Gasteiger partial charge in [0.15, 0.2) is 5.96 Å². The number of nitrogens with zero attached hydrogens (tertiary/aromatic N) is 3. The molecule has 7 heteroatoms. The largest absolute Gasteiger partial charge is 0.379 e. The molecule has 1 aromatic rings. The number of nitrogens with one attached hydrogen (secondary N) is 2. The van der Waals surface area contributed by atoms with Crippen LogP contribution in [-0.2, 0) is 11.2 Å². The topological polar surface area (TPSA) is 61.8 Å². The number of rotatable bonds is 7. The van der Waals surface area contributed by atoms with Crippen LogP contribution in [0.25, 0.3) is 0 Å². The van der Waals surface area contributed by atoms with Gasteiger partial charge < -0.3 is 15.4 Å². The van der Waals surface area contributed by atoms with Crippen LogP contribution in [0.1, 0.15) is 19.4 Å². The summed E-state index contributed by atoms with van der Waals surface area (Å²) < 4.78 is 5.40. The van der Waals surface area contributed by atoms with Gasteiger partial charge in [-0.3, -0.25) is 9.89 Å². The number of aromatic nitrogens is 1. The van der Waals surface area contributed by atoms with Crippen LogP contribution in [0.3, 0.4) is 0 Å². The van der Waals surface area contributed by atoms with Gasteiger partial charge in [0.25, 0.3) is 0 Å². The fraction of sp³-hybridized carbons (Fsp3) is 0.647. The van der Waals surface area contributed by atoms with Gasteiger partial charge in [-0.2, -0.15) is 0 Å². The molecule has 24 heavy (non-hydrogen) atoms. The molecule has 1 aliphatic rings. The van der Waals surface area contributed by atoms with Crippen molar-refractivity contribution in [2.75, 3.05) is 45.9 Å². The Morgan fingerprint density at radius 2 is 2.17 bits per heavy atom. The van der Waals surface area contributed by atoms with Crippen molar-refractivity contribution in [2.24, 2.45) is 4.99 Å². The summed E-state index contributed by atoms with van der Waals surface area (Å²) in [4.78, 5) is 11.2. The Morgan fingerprint density at radius 1 is 1.38 bits per heavy atom. The Hall–Kier alpha value is -1.37. The zero-order chi connectivity index (χ0) is 17.2. The predicted molar refractivity (Wildman–Crippen MR) is 98.8 cm³/mol. The maximum Gasteiger partial charge on any atom is 0.191 e. The Balaban J connectivity index is 1.78. The summed E-state index contributed by atoms with van der Waals surface area (Å²) in [5.41, 5.74) is 1.16. The molecule has 0 radical (unpaired) electrons. The van der Waals surface area contributed by atoms with Gasteiger partial charge in [0.05, 0.1) is 19.8 Å². The number of halogens is 1. The van der Waals surface area contributed by atoms with Crippen LogP contribution in [0.2, 0.25) is 5.15 Å². The molecule has 2 N–H and O–H groups in total. The van der Waals surface area contributed by atoms with E-state index in [1.54, 1.807) is 0 Å². The van der Waals surface area contributed by atoms with E-state index in [0.29, 0.717) is 11.2 Å². The standard InChI is InChI=1S/C17H28ClN5O/c1-3-19-17(20-7-6-15-4-5-16(18)21-13-15)22-12-14(2)23-8-10-24-11-9-23/h4-5,13-14H,3,6-12H2,1-2H3,(H2,19,20,22). The first-order valence-corrected chi connectivity index (χ1v) is 9.01. The summed E-state index contributed by atoms with van der Waals surface area (Å²) in [6, 6.07) is 4.24. The van der Waals surface area contributed by atoms with Crippen molar-refractivity contribution >= 4 is 17.6 Å². The molecule has 0 saturated carbocycles. The first kappa shape index (κ1) is 19.0. The Kier molecular flexibility index (Phi) is 8.28. The number of aliphatic imine (C=N–C) groups is 1. The molecule has 0 spiro atoms. The molecule has 0 aromatic carbocycles. The third-order valence-corrected chi connectivity index (χ3v) is 4.25. The lowest BCUT2D eigenvalue weighted by Gasteiger charge is -2.31. The number of pyridine rings is 1. The maximum absolute atomic E-state index is 5.80. The van der Waals surface area contributed by atoms with Crippen molar-refractivity contribution in [1.29, 1.82) is 0 Å². The van der Waals surface area contributed by atoms with Gasteiger partial charge in [-0.05, 0) is 31.9 Å². The molecule has 0 bridgehead atoms. The van der Waals surface area contributed by atoms with Crippen molar-refractivity contribution in [2.45, 2.75) is 26.3 Å². The quantitative estimate of drug-likeness (QED) is 0.442. The van der Waals surface area contributed by atoms with Gasteiger partial charge in [-0.15, -0.1) is 0 Å². The van der Waals surface area contributed by atoms with E-state index in [1.807, 2.05) is 18.3 Å². The van der Waals surface area contributed by atoms with Crippen LogP contribution in [0.4, 0.5) is 0 Å². The van der Waals surface area contributed by atoms with Gasteiger partial charge in [-0.1, -0.05) is 17.7 Å². The molecular formula is C17H28ClN5O. The third-order valence-electron chi connectivity index (χ3n) is 4.02. The number of morpholine rings is 1. The normalized spacial score (nSPS) is 17.5. The molecule has 1 aliphatic heterocycles. The molecular weight excluding hydrogens is 326 g/mol. The Bertz CT molecular complexity index is 502. The van der Waals surface area contributed by atoms with Crippen LogP contribution in [0.15, 0.2) is 23.3 Å². The molecule has 1 saturated heterocycles. The van der Waals surface area contributed by atoms with Crippen LogP contribution in [0.5, 0.6) is 0 Å². The van der Waals surface area contributed by atoms with Crippen LogP contribution >= 0.6 is 11.6 Å². The fourth-order valence-corrected chi connectivity index (χ4v) is 2.69. The molecule has 1 fully saturated rings. The Labute approximate surface area is 149 Å². The third kappa shape index (κ3) is 6.63. The number of guanidine groups is 1. The SMILES string of the molecule is CCNC(=NCC(C)N1CCOCC1)NCCc1ccc(Cl)nc1. The Morgan fingerprint density at radius 3 is 2.83 bits per heavy atom. The molecule has 6 nitrogen and oxygen atoms in total. The van der Waals surface area contributed by atoms with E-state index >= 15 is 0 Å². The average molecular weight is 354 g/mol. The zero-order valence-corrected chi connectivity index (χ0v) is 15.4. The average Bonchev–Trinajstić information content (AvgIpc) is 2.62. The van der Waals surface area contributed by atoms with E-state index in [1.165, 1.54) is 0 Å². The summed E-state index contributed by atoms with van der Waals surface area (Å²) in [5, 5.41) is 7.20. The summed E-state index contributed by atoms with van der Waals surface area (Å²) in [6.45, 7) is 10.3. The second-order valence-corrected chi connectivity index (χ2v) is 6.27. The van der Waals surface area contributed by atoms with E-state index < -0.39 is 0 Å². The van der Waals surface area contributed by atoms with Gasteiger partial charge in [0, 0.05) is 38.4 Å². The van der Waals surface area contributed by atoms with Crippen molar-refractivity contribution in [3.8, 4) is 0 Å². The van der Waals surface area contributed by atoms with Gasteiger partial charge in [0.2, 0.25) is 0 Å². The van der Waals surface area contributed by atoms with Crippen molar-refractivity contribution in [1.82, 2.24) is 20.5 Å². The molecule has 2 rings (SSSR count). The van der Waals surface area contributed by atoms with Gasteiger partial charge in [0.1, 0.15) is 5.15 Å². The number of hydrogen-bond donors (Lipinski definition) is 2. The van der Waals surface area contributed by atoms with E-state index in [9.17, 15) is 0 Å². The second kappa shape index (κ2) is 10.5. The summed E-state index contributed by atoms with van der Waals surface area (Å²) in [7, 11) is 0. The molecule has 1 atom stereocenters. The smallest absolute Gasteiger partial charge is 0.191 e. The zero-order valence-electron chi connectivity index (χ0n) is 14.6. The first-order chi connectivity index (χ1) is 11.7. The molecule has 0 amide bonds. The van der Waals surface area contributed by atoms with Crippen LogP contribution in [0, 0.1) is 0 Å². The predicted octanol–water partition coefficient (Wildman–Crippen LogP) is 1.55. The summed E-state index contributed by atoms with van der Waals surface area (Å²) in [6.07, 6.45) is 2.70. The highest BCUT2D eigenvalue weighted by Gasteiger charge is 2.16. The minimum atomic E-state index is 0.421. The highest BCUT2D eigenvalue weighted by molar-refractivity contribution is 6.29. The van der Waals surface area contributed by atoms with Crippen molar-refractivity contribution in [3.05, 3.63) is 29.0 Å². The minimum absolute atomic E-state index is 0.421. The summed E-state index contributed by atoms with van der Waals surface area (Å²) in [5.74, 6) is 0.861. The molecule has 2 heterocycles. The monoisotopic (exact) mass is 353 g/mol. The molecule has 1 unspecified atom stereocenters. The number of hydrogen-bond acceptors (Lipinski definition) is 4. The molecule has 1 aromatic heterocycles. The van der Waals surface area contributed by atoms with Gasteiger partial charge >= 0.3 is 0 Å². The van der Waals surface area contributed by atoms with E-state index in [4.69, 9.17) is 21.3 Å². The first-order valence-electron chi connectivity index (χ1n) is 8.63. The van der Waals surface area contributed by atoms with Crippen LogP contribution < -0.4 is 10.6 Å². The lowest BCUT2D eigenvalue weighted by molar-refractivity contribution is 0.0220. The molecule has 0 aliphatic carbocycles. The van der Waals surface area contributed by atoms with Crippen LogP contribution in [-0.4, -0.2) is 67.8 Å². The maximum atomic E-state index is 5.80. The second-order valence-electron chi connectivity index (χ2n) is 5.88. The van der Waals surface area contributed by atoms with E-state index in [-0.39, 0.29) is 0 Å². The van der Waals surface area contributed by atoms with Crippen molar-refractivity contribution < 1.29 is 4.74 Å². The van der Waals surface area contributed by atoms with Crippen molar-refractivity contribution in [3.63, 3.8) is 0 Å². The lowest BCUT2D eigenvalue weighted by Crippen LogP contribution is -2.44. The van der Waals surface area contributed by atoms with E-state index in [0.717, 1.165) is 63.9 Å². The summed E-state index contributed by atoms with van der Waals surface area (Å²) >= 11 is 5.80. The fourth-order valence-electron chi connectivity index (χ4n) is 2.58. The lowest BCUT2D eigenvalue weighted by atomic mass is 10.2. The van der Waals surface area contributed by atoms with Gasteiger partial charge in [-0.25, -0.2) is 4.98 Å². The highest BCUT2D eigenvalue weighted by atomic mass is 35.5. The number of ether oxygens (including phenoxy) is 1. The minimum Gasteiger partial charge on any atom is -0.379 e. The van der Waals surface area contributed by atoms with E-state index in [2.05, 4.69) is 34.4 Å². The highest BCUT2D eigenvalue weighted by Crippen LogP contribution is 2.05. The molecule has 134 valence electrons.